The minimum Gasteiger partial charge on any atom is -0.392 e. The molecule has 0 aromatic rings. The first-order valence-corrected chi connectivity index (χ1v) is 8.87. The molecule has 0 aromatic heterocycles. The van der Waals surface area contributed by atoms with Crippen LogP contribution >= 0.6 is 0 Å². The van der Waals surface area contributed by atoms with Gasteiger partial charge in [-0.1, -0.05) is 25.8 Å². The molecule has 0 saturated heterocycles. The number of ketones is 1. The van der Waals surface area contributed by atoms with Crippen LogP contribution in [0.3, 0.4) is 0 Å². The Hall–Kier alpha value is -0.630. The van der Waals surface area contributed by atoms with Crippen molar-refractivity contribution < 1.29 is 9.90 Å². The molecule has 0 aliphatic heterocycles. The smallest absolute Gasteiger partial charge is 0.158 e. The van der Waals surface area contributed by atoms with E-state index in [-0.39, 0.29) is 11.2 Å². The van der Waals surface area contributed by atoms with Crippen molar-refractivity contribution in [1.82, 2.24) is 0 Å². The van der Waals surface area contributed by atoms with Crippen LogP contribution in [0.2, 0.25) is 0 Å². The summed E-state index contributed by atoms with van der Waals surface area (Å²) in [5.41, 5.74) is 1.70. The van der Waals surface area contributed by atoms with Gasteiger partial charge in [-0.2, -0.15) is 0 Å². The van der Waals surface area contributed by atoms with Gasteiger partial charge in [0.05, 0.1) is 6.10 Å². The minimum atomic E-state index is -0.455. The fraction of sp³-hybridized carbons (Fsp3) is 0.842. The van der Waals surface area contributed by atoms with E-state index in [0.29, 0.717) is 17.8 Å². The lowest BCUT2D eigenvalue weighted by Gasteiger charge is -2.58. The van der Waals surface area contributed by atoms with E-state index in [2.05, 4.69) is 13.8 Å². The van der Waals surface area contributed by atoms with E-state index in [1.54, 1.807) is 0 Å². The van der Waals surface area contributed by atoms with Crippen LogP contribution < -0.4 is 0 Å². The van der Waals surface area contributed by atoms with Crippen molar-refractivity contribution in [2.45, 2.75) is 71.3 Å². The topological polar surface area (TPSA) is 37.3 Å². The van der Waals surface area contributed by atoms with E-state index in [0.717, 1.165) is 18.3 Å². The van der Waals surface area contributed by atoms with Crippen molar-refractivity contribution in [3.8, 4) is 0 Å². The number of aliphatic hydroxyl groups excluding tert-OH is 1. The predicted molar refractivity (Wildman–Crippen MR) is 82.7 cm³/mol. The third-order valence-electron chi connectivity index (χ3n) is 7.85. The van der Waals surface area contributed by atoms with E-state index in [4.69, 9.17) is 0 Å². The molecule has 0 bridgehead atoms. The Bertz CT molecular complexity index is 508. The Kier molecular flexibility index (Phi) is 2.96. The summed E-state index contributed by atoms with van der Waals surface area (Å²) < 4.78 is 0. The summed E-state index contributed by atoms with van der Waals surface area (Å²) in [7, 11) is 0. The van der Waals surface area contributed by atoms with Crippen LogP contribution in [0, 0.1) is 28.6 Å². The Morgan fingerprint density at radius 1 is 1.14 bits per heavy atom. The van der Waals surface area contributed by atoms with E-state index >= 15 is 0 Å². The molecule has 6 unspecified atom stereocenters. The molecular weight excluding hydrogens is 260 g/mol. The van der Waals surface area contributed by atoms with Crippen LogP contribution in [0.4, 0.5) is 0 Å². The number of hydrogen-bond donors (Lipinski definition) is 1. The van der Waals surface area contributed by atoms with Crippen molar-refractivity contribution in [2.75, 3.05) is 0 Å². The lowest BCUT2D eigenvalue weighted by atomic mass is 9.47. The average molecular weight is 288 g/mol. The highest BCUT2D eigenvalue weighted by molar-refractivity contribution is 5.92. The van der Waals surface area contributed by atoms with Crippen molar-refractivity contribution >= 4 is 5.78 Å². The van der Waals surface area contributed by atoms with Gasteiger partial charge in [0.25, 0.3) is 0 Å². The van der Waals surface area contributed by atoms with Gasteiger partial charge in [0.1, 0.15) is 0 Å². The van der Waals surface area contributed by atoms with Gasteiger partial charge in [0.2, 0.25) is 0 Å². The number of hydrogen-bond acceptors (Lipinski definition) is 2. The van der Waals surface area contributed by atoms with Gasteiger partial charge in [-0.3, -0.25) is 4.79 Å². The summed E-state index contributed by atoms with van der Waals surface area (Å²) in [6.45, 7) is 4.76. The van der Waals surface area contributed by atoms with Gasteiger partial charge in [-0.15, -0.1) is 0 Å². The van der Waals surface area contributed by atoms with E-state index in [9.17, 15) is 9.90 Å². The molecule has 6 atom stereocenters. The summed E-state index contributed by atoms with van der Waals surface area (Å²) in [6, 6.07) is 0. The van der Waals surface area contributed by atoms with Gasteiger partial charge < -0.3 is 5.11 Å². The number of rotatable bonds is 0. The molecule has 4 aliphatic carbocycles. The SMILES string of the molecule is CC12CCCC1C1CCC3=CC(=O)CC(O)C3(C)C1CC2. The largest absolute Gasteiger partial charge is 0.392 e. The van der Waals surface area contributed by atoms with Crippen molar-refractivity contribution in [3.05, 3.63) is 11.6 Å². The third-order valence-corrected chi connectivity index (χ3v) is 7.85. The number of fused-ring (bicyclic) bond motifs is 5. The quantitative estimate of drug-likeness (QED) is 0.734. The maximum absolute atomic E-state index is 11.8. The molecule has 0 amide bonds. The first-order chi connectivity index (χ1) is 9.95. The first kappa shape index (κ1) is 14.0. The molecule has 0 aromatic carbocycles. The standard InChI is InChI=1S/C19H28O2/c1-18-8-3-4-15(18)14-6-5-12-10-13(20)11-17(21)19(12,2)16(14)7-9-18/h10,14-17,21H,3-9,11H2,1-2H3. The Labute approximate surface area is 128 Å². The van der Waals surface area contributed by atoms with Crippen LogP contribution in [0.5, 0.6) is 0 Å². The van der Waals surface area contributed by atoms with Gasteiger partial charge in [-0.05, 0) is 67.8 Å². The maximum Gasteiger partial charge on any atom is 0.158 e. The average Bonchev–Trinajstić information content (AvgIpc) is 2.82. The van der Waals surface area contributed by atoms with Gasteiger partial charge in [0, 0.05) is 11.8 Å². The molecule has 0 heterocycles. The summed E-state index contributed by atoms with van der Waals surface area (Å²) in [6.07, 6.45) is 10.8. The summed E-state index contributed by atoms with van der Waals surface area (Å²) in [5, 5.41) is 10.7. The van der Waals surface area contributed by atoms with Gasteiger partial charge >= 0.3 is 0 Å². The highest BCUT2D eigenvalue weighted by atomic mass is 16.3. The van der Waals surface area contributed by atoms with Crippen LogP contribution in [0.25, 0.3) is 0 Å². The fourth-order valence-corrected chi connectivity index (χ4v) is 6.60. The molecule has 0 radical (unpaired) electrons. The zero-order valence-corrected chi connectivity index (χ0v) is 13.4. The molecule has 3 fully saturated rings. The molecule has 21 heavy (non-hydrogen) atoms. The molecule has 2 nitrogen and oxygen atoms in total. The van der Waals surface area contributed by atoms with E-state index < -0.39 is 6.10 Å². The maximum atomic E-state index is 11.8. The molecule has 2 heteroatoms. The second-order valence-corrected chi connectivity index (χ2v) is 8.64. The Morgan fingerprint density at radius 3 is 2.76 bits per heavy atom. The molecule has 0 spiro atoms. The molecule has 1 N–H and O–H groups in total. The molecular formula is C19H28O2. The molecule has 3 saturated carbocycles. The summed E-state index contributed by atoms with van der Waals surface area (Å²) in [4.78, 5) is 11.8. The van der Waals surface area contributed by atoms with Crippen LogP contribution in [0.15, 0.2) is 11.6 Å². The number of carbonyl (C=O) groups excluding carboxylic acids is 1. The summed E-state index contributed by atoms with van der Waals surface area (Å²) >= 11 is 0. The highest BCUT2D eigenvalue weighted by Gasteiger charge is 2.58. The second kappa shape index (κ2) is 4.44. The lowest BCUT2D eigenvalue weighted by molar-refractivity contribution is -0.126. The second-order valence-electron chi connectivity index (χ2n) is 8.64. The number of carbonyl (C=O) groups is 1. The lowest BCUT2D eigenvalue weighted by Crippen LogP contribution is -2.54. The van der Waals surface area contributed by atoms with E-state index in [1.807, 2.05) is 6.08 Å². The van der Waals surface area contributed by atoms with Gasteiger partial charge in [-0.25, -0.2) is 0 Å². The zero-order valence-electron chi connectivity index (χ0n) is 13.4. The summed E-state index contributed by atoms with van der Waals surface area (Å²) in [5.74, 6) is 2.36. The predicted octanol–water partition coefficient (Wildman–Crippen LogP) is 3.88. The highest BCUT2D eigenvalue weighted by Crippen LogP contribution is 2.65. The Balaban J connectivity index is 1.73. The fourth-order valence-electron chi connectivity index (χ4n) is 6.60. The van der Waals surface area contributed by atoms with Crippen LogP contribution in [0.1, 0.15) is 65.2 Å². The van der Waals surface area contributed by atoms with E-state index in [1.165, 1.54) is 44.1 Å². The monoisotopic (exact) mass is 288 g/mol. The third kappa shape index (κ3) is 1.78. The van der Waals surface area contributed by atoms with Crippen molar-refractivity contribution in [3.63, 3.8) is 0 Å². The van der Waals surface area contributed by atoms with Crippen LogP contribution in [-0.2, 0) is 4.79 Å². The van der Waals surface area contributed by atoms with Gasteiger partial charge in [0.15, 0.2) is 5.78 Å². The van der Waals surface area contributed by atoms with Crippen molar-refractivity contribution in [1.29, 1.82) is 0 Å². The Morgan fingerprint density at radius 2 is 1.95 bits per heavy atom. The molecule has 4 rings (SSSR count). The zero-order chi connectivity index (χ0) is 14.8. The minimum absolute atomic E-state index is 0.124. The van der Waals surface area contributed by atoms with Crippen LogP contribution in [-0.4, -0.2) is 17.0 Å². The number of aliphatic hydroxyl groups is 1. The first-order valence-electron chi connectivity index (χ1n) is 8.87. The van der Waals surface area contributed by atoms with Crippen molar-refractivity contribution in [2.24, 2.45) is 28.6 Å². The normalized spacial score (nSPS) is 52.7. The molecule has 116 valence electrons. The molecule has 4 aliphatic rings.